The lowest BCUT2D eigenvalue weighted by molar-refractivity contribution is -0.505. The van der Waals surface area contributed by atoms with E-state index in [1.165, 1.54) is 18.4 Å². The molecule has 5 heteroatoms. The van der Waals surface area contributed by atoms with E-state index in [2.05, 4.69) is 0 Å². The van der Waals surface area contributed by atoms with E-state index in [0.29, 0.717) is 0 Å². The Labute approximate surface area is 74.5 Å². The largest absolute Gasteiger partial charge is 0.461 e. The first-order valence-corrected chi connectivity index (χ1v) is 3.88. The molecule has 70 valence electrons. The van der Waals surface area contributed by atoms with E-state index < -0.39 is 16.7 Å². The highest BCUT2D eigenvalue weighted by Gasteiger charge is 2.30. The van der Waals surface area contributed by atoms with Crippen LogP contribution < -0.4 is 0 Å². The van der Waals surface area contributed by atoms with Crippen molar-refractivity contribution in [1.29, 1.82) is 0 Å². The van der Waals surface area contributed by atoms with Crippen LogP contribution in [0.15, 0.2) is 22.8 Å². The van der Waals surface area contributed by atoms with Crippen LogP contribution in [-0.4, -0.2) is 16.7 Å². The number of carbonyl (C=O) groups excluding carboxylic acids is 1. The number of carbonyl (C=O) groups is 1. The molecule has 0 fully saturated rings. The molecule has 0 aliphatic rings. The van der Waals surface area contributed by atoms with Gasteiger partial charge >= 0.3 is 0 Å². The van der Waals surface area contributed by atoms with Crippen molar-refractivity contribution in [3.05, 3.63) is 34.3 Å². The van der Waals surface area contributed by atoms with Gasteiger partial charge in [0.25, 0.3) is 11.8 Å². The molecule has 1 unspecified atom stereocenters. The fourth-order valence-corrected chi connectivity index (χ4v) is 1.01. The minimum Gasteiger partial charge on any atom is -0.461 e. The van der Waals surface area contributed by atoms with Gasteiger partial charge in [0.2, 0.25) is 0 Å². The van der Waals surface area contributed by atoms with Gasteiger partial charge in [0, 0.05) is 11.3 Å². The Kier molecular flexibility index (Phi) is 2.79. The third kappa shape index (κ3) is 1.93. The Morgan fingerprint density at radius 1 is 1.77 bits per heavy atom. The van der Waals surface area contributed by atoms with Crippen molar-refractivity contribution >= 4 is 5.78 Å². The van der Waals surface area contributed by atoms with E-state index in [9.17, 15) is 14.9 Å². The highest BCUT2D eigenvalue weighted by atomic mass is 16.6. The van der Waals surface area contributed by atoms with Gasteiger partial charge in [-0.25, -0.2) is 0 Å². The van der Waals surface area contributed by atoms with Crippen LogP contribution in [0.4, 0.5) is 0 Å². The normalized spacial score (nSPS) is 12.4. The molecule has 0 bridgehead atoms. The smallest absolute Gasteiger partial charge is 0.277 e. The lowest BCUT2D eigenvalue weighted by Crippen LogP contribution is -2.28. The number of hydrogen-bond donors (Lipinski definition) is 0. The summed E-state index contributed by atoms with van der Waals surface area (Å²) in [6.07, 6.45) is 1.49. The maximum absolute atomic E-state index is 11.3. The average molecular weight is 183 g/mol. The molecule has 0 amide bonds. The molecule has 1 rings (SSSR count). The van der Waals surface area contributed by atoms with Crippen LogP contribution in [-0.2, 0) is 0 Å². The quantitative estimate of drug-likeness (QED) is 0.403. The highest BCUT2D eigenvalue weighted by Crippen LogP contribution is 2.08. The van der Waals surface area contributed by atoms with Crippen molar-refractivity contribution in [1.82, 2.24) is 0 Å². The number of ketones is 1. The summed E-state index contributed by atoms with van der Waals surface area (Å²) >= 11 is 0. The van der Waals surface area contributed by atoms with Crippen LogP contribution in [0.5, 0.6) is 0 Å². The summed E-state index contributed by atoms with van der Waals surface area (Å²) in [7, 11) is 0. The Morgan fingerprint density at radius 3 is 2.85 bits per heavy atom. The van der Waals surface area contributed by atoms with Crippen molar-refractivity contribution in [2.45, 2.75) is 19.4 Å². The van der Waals surface area contributed by atoms with Crippen LogP contribution in [0, 0.1) is 10.1 Å². The van der Waals surface area contributed by atoms with Gasteiger partial charge < -0.3 is 4.42 Å². The number of rotatable bonds is 4. The van der Waals surface area contributed by atoms with Crippen LogP contribution in [0.25, 0.3) is 0 Å². The minimum atomic E-state index is -1.19. The average Bonchev–Trinajstić information content (AvgIpc) is 2.56. The van der Waals surface area contributed by atoms with Gasteiger partial charge in [0.15, 0.2) is 5.76 Å². The van der Waals surface area contributed by atoms with Gasteiger partial charge in [-0.1, -0.05) is 6.92 Å². The summed E-state index contributed by atoms with van der Waals surface area (Å²) in [6.45, 7) is 1.59. The van der Waals surface area contributed by atoms with E-state index in [1.54, 1.807) is 6.92 Å². The number of furan rings is 1. The van der Waals surface area contributed by atoms with Crippen LogP contribution >= 0.6 is 0 Å². The molecule has 13 heavy (non-hydrogen) atoms. The topological polar surface area (TPSA) is 73.3 Å². The summed E-state index contributed by atoms with van der Waals surface area (Å²) in [5.41, 5.74) is 0. The zero-order valence-corrected chi connectivity index (χ0v) is 7.10. The molecule has 0 saturated carbocycles. The maximum atomic E-state index is 11.3. The van der Waals surface area contributed by atoms with E-state index >= 15 is 0 Å². The first-order valence-electron chi connectivity index (χ1n) is 3.88. The molecular formula is C8H9NO4. The van der Waals surface area contributed by atoms with Crippen molar-refractivity contribution in [3.8, 4) is 0 Å². The van der Waals surface area contributed by atoms with Gasteiger partial charge in [-0.15, -0.1) is 0 Å². The molecule has 0 aliphatic carbocycles. The monoisotopic (exact) mass is 183 g/mol. The predicted octanol–water partition coefficient (Wildman–Crippen LogP) is 1.52. The van der Waals surface area contributed by atoms with Gasteiger partial charge in [-0.2, -0.15) is 0 Å². The zero-order valence-electron chi connectivity index (χ0n) is 7.10. The van der Waals surface area contributed by atoms with E-state index in [1.807, 2.05) is 0 Å². The first kappa shape index (κ1) is 9.44. The molecule has 1 atom stereocenters. The lowest BCUT2D eigenvalue weighted by Gasteiger charge is -2.02. The van der Waals surface area contributed by atoms with Gasteiger partial charge in [0.1, 0.15) is 0 Å². The second kappa shape index (κ2) is 3.84. The van der Waals surface area contributed by atoms with Crippen LogP contribution in [0.3, 0.4) is 0 Å². The molecule has 0 spiro atoms. The molecule has 0 N–H and O–H groups in total. The second-order valence-corrected chi connectivity index (χ2v) is 2.55. The van der Waals surface area contributed by atoms with Crippen molar-refractivity contribution in [2.75, 3.05) is 0 Å². The summed E-state index contributed by atoms with van der Waals surface area (Å²) in [5.74, 6) is -0.527. The summed E-state index contributed by atoms with van der Waals surface area (Å²) in [6, 6.07) is 1.76. The van der Waals surface area contributed by atoms with Crippen molar-refractivity contribution < 1.29 is 14.1 Å². The minimum absolute atomic E-state index is 0.0450. The Morgan fingerprint density at radius 2 is 2.46 bits per heavy atom. The number of nitro groups is 1. The third-order valence-electron chi connectivity index (χ3n) is 1.71. The standard InChI is InChI=1S/C8H9NO4/c1-2-6(9(11)12)8(10)7-4-3-5-13-7/h3-6H,2H2,1H3. The fraction of sp³-hybridized carbons (Fsp3) is 0.375. The summed E-state index contributed by atoms with van der Waals surface area (Å²) < 4.78 is 4.77. The number of hydrogen-bond acceptors (Lipinski definition) is 4. The van der Waals surface area contributed by atoms with Gasteiger partial charge in [0.05, 0.1) is 6.26 Å². The highest BCUT2D eigenvalue weighted by molar-refractivity contribution is 5.96. The SMILES string of the molecule is CCC(C(=O)c1ccco1)[N+](=O)[O-]. The summed E-state index contributed by atoms with van der Waals surface area (Å²) in [5, 5.41) is 10.4. The Balaban J connectivity index is 2.83. The summed E-state index contributed by atoms with van der Waals surface area (Å²) in [4.78, 5) is 21.2. The molecule has 1 aromatic heterocycles. The predicted molar refractivity (Wildman–Crippen MR) is 44.1 cm³/mol. The lowest BCUT2D eigenvalue weighted by atomic mass is 10.1. The zero-order chi connectivity index (χ0) is 9.84. The molecule has 1 aromatic rings. The fourth-order valence-electron chi connectivity index (χ4n) is 1.01. The molecule has 0 aliphatic heterocycles. The third-order valence-corrected chi connectivity index (χ3v) is 1.71. The molecule has 0 aromatic carbocycles. The number of Topliss-reactive ketones (excluding diaryl/α,β-unsaturated/α-hetero) is 1. The molecular weight excluding hydrogens is 174 g/mol. The first-order chi connectivity index (χ1) is 6.16. The van der Waals surface area contributed by atoms with Crippen molar-refractivity contribution in [2.24, 2.45) is 0 Å². The number of nitrogens with zero attached hydrogens (tertiary/aromatic N) is 1. The molecule has 1 heterocycles. The Bertz CT molecular complexity index is 304. The van der Waals surface area contributed by atoms with Crippen LogP contribution in [0.2, 0.25) is 0 Å². The van der Waals surface area contributed by atoms with E-state index in [4.69, 9.17) is 4.42 Å². The van der Waals surface area contributed by atoms with Crippen molar-refractivity contribution in [3.63, 3.8) is 0 Å². The van der Waals surface area contributed by atoms with E-state index in [-0.39, 0.29) is 12.2 Å². The molecule has 0 saturated heterocycles. The maximum Gasteiger partial charge on any atom is 0.277 e. The molecule has 0 radical (unpaired) electrons. The Hall–Kier alpha value is -1.65. The van der Waals surface area contributed by atoms with E-state index in [0.717, 1.165) is 0 Å². The molecule has 5 nitrogen and oxygen atoms in total. The van der Waals surface area contributed by atoms with Gasteiger partial charge in [-0.05, 0) is 12.1 Å². The van der Waals surface area contributed by atoms with Gasteiger partial charge in [-0.3, -0.25) is 14.9 Å². The second-order valence-electron chi connectivity index (χ2n) is 2.55. The van der Waals surface area contributed by atoms with Crippen LogP contribution in [0.1, 0.15) is 23.9 Å².